The van der Waals surface area contributed by atoms with Gasteiger partial charge in [-0.2, -0.15) is 5.26 Å². The van der Waals surface area contributed by atoms with Crippen LogP contribution in [0.25, 0.3) is 22.2 Å². The standard InChI is InChI=1S/C26H21N3O/c1-18(19-10-4-2-5-11-19)28-26(30)24-21-14-8-9-15-23(21)29-25(22(24)16-17-27)20-12-6-3-7-13-20/h2-15,18H,16H2,1H3,(H,28,30). The molecule has 0 saturated carbocycles. The SMILES string of the molecule is CC(NC(=O)c1c(CC#N)c(-c2ccccc2)nc2ccccc12)c1ccccc1. The maximum atomic E-state index is 13.5. The number of fused-ring (bicyclic) bond motifs is 1. The summed E-state index contributed by atoms with van der Waals surface area (Å²) in [5.74, 6) is -0.201. The smallest absolute Gasteiger partial charge is 0.252 e. The van der Waals surface area contributed by atoms with E-state index in [9.17, 15) is 10.1 Å². The second-order valence-electron chi connectivity index (χ2n) is 7.14. The number of pyridine rings is 1. The first-order valence-corrected chi connectivity index (χ1v) is 9.89. The highest BCUT2D eigenvalue weighted by Crippen LogP contribution is 2.31. The van der Waals surface area contributed by atoms with Gasteiger partial charge < -0.3 is 5.32 Å². The molecule has 0 bridgehead atoms. The van der Waals surface area contributed by atoms with E-state index < -0.39 is 0 Å². The Labute approximate surface area is 175 Å². The van der Waals surface area contributed by atoms with Crippen molar-refractivity contribution in [2.24, 2.45) is 0 Å². The van der Waals surface area contributed by atoms with Crippen LogP contribution in [0.15, 0.2) is 84.9 Å². The number of nitrogens with zero attached hydrogens (tertiary/aromatic N) is 2. The van der Waals surface area contributed by atoms with E-state index in [1.54, 1.807) is 0 Å². The molecule has 0 spiro atoms. The third kappa shape index (κ3) is 3.78. The van der Waals surface area contributed by atoms with Crippen molar-refractivity contribution in [3.8, 4) is 17.3 Å². The van der Waals surface area contributed by atoms with E-state index in [2.05, 4.69) is 11.4 Å². The Hall–Kier alpha value is -3.97. The van der Waals surface area contributed by atoms with Crippen LogP contribution in [-0.2, 0) is 6.42 Å². The van der Waals surface area contributed by atoms with Crippen LogP contribution in [0.2, 0.25) is 0 Å². The normalized spacial score (nSPS) is 11.6. The number of amides is 1. The molecule has 1 N–H and O–H groups in total. The lowest BCUT2D eigenvalue weighted by atomic mass is 9.94. The molecule has 0 aliphatic heterocycles. The number of aromatic nitrogens is 1. The maximum Gasteiger partial charge on any atom is 0.252 e. The number of rotatable bonds is 5. The summed E-state index contributed by atoms with van der Waals surface area (Å²) in [6.07, 6.45) is 0.102. The quantitative estimate of drug-likeness (QED) is 0.491. The van der Waals surface area contributed by atoms with Crippen LogP contribution in [0, 0.1) is 11.3 Å². The molecular formula is C26H21N3O. The number of carbonyl (C=O) groups is 1. The predicted molar refractivity (Wildman–Crippen MR) is 119 cm³/mol. The van der Waals surface area contributed by atoms with Crippen molar-refractivity contribution in [1.29, 1.82) is 5.26 Å². The van der Waals surface area contributed by atoms with Crippen molar-refractivity contribution in [1.82, 2.24) is 10.3 Å². The number of benzene rings is 3. The average molecular weight is 391 g/mol. The summed E-state index contributed by atoms with van der Waals surface area (Å²) in [6.45, 7) is 1.96. The molecule has 0 aliphatic carbocycles. The molecule has 3 aromatic carbocycles. The van der Waals surface area contributed by atoms with Crippen molar-refractivity contribution < 1.29 is 4.79 Å². The van der Waals surface area contributed by atoms with E-state index >= 15 is 0 Å². The van der Waals surface area contributed by atoms with Crippen molar-refractivity contribution >= 4 is 16.8 Å². The van der Waals surface area contributed by atoms with E-state index in [1.165, 1.54) is 0 Å². The summed E-state index contributed by atoms with van der Waals surface area (Å²) in [5.41, 5.74) is 4.49. The van der Waals surface area contributed by atoms with Crippen LogP contribution in [-0.4, -0.2) is 10.9 Å². The lowest BCUT2D eigenvalue weighted by Gasteiger charge is -2.19. The van der Waals surface area contributed by atoms with Gasteiger partial charge in [0.25, 0.3) is 5.91 Å². The molecule has 4 nitrogen and oxygen atoms in total. The molecule has 0 fully saturated rings. The molecule has 0 aliphatic rings. The van der Waals surface area contributed by atoms with Crippen LogP contribution in [0.3, 0.4) is 0 Å². The van der Waals surface area contributed by atoms with Gasteiger partial charge in [-0.15, -0.1) is 0 Å². The summed E-state index contributed by atoms with van der Waals surface area (Å²) in [7, 11) is 0. The zero-order valence-corrected chi connectivity index (χ0v) is 16.7. The van der Waals surface area contributed by atoms with Gasteiger partial charge in [-0.1, -0.05) is 78.9 Å². The first-order chi connectivity index (χ1) is 14.7. The third-order valence-corrected chi connectivity index (χ3v) is 5.17. The Balaban J connectivity index is 1.88. The highest BCUT2D eigenvalue weighted by Gasteiger charge is 2.22. The minimum Gasteiger partial charge on any atom is -0.345 e. The minimum absolute atomic E-state index is 0.102. The van der Waals surface area contributed by atoms with Gasteiger partial charge >= 0.3 is 0 Å². The van der Waals surface area contributed by atoms with Crippen LogP contribution in [0.5, 0.6) is 0 Å². The van der Waals surface area contributed by atoms with Crippen LogP contribution in [0.4, 0.5) is 0 Å². The van der Waals surface area contributed by atoms with Crippen molar-refractivity contribution in [3.63, 3.8) is 0 Å². The van der Waals surface area contributed by atoms with Crippen molar-refractivity contribution in [2.45, 2.75) is 19.4 Å². The highest BCUT2D eigenvalue weighted by molar-refractivity contribution is 6.09. The number of carbonyl (C=O) groups excluding carboxylic acids is 1. The van der Waals surface area contributed by atoms with Gasteiger partial charge in [0, 0.05) is 16.5 Å². The maximum absolute atomic E-state index is 13.5. The second kappa shape index (κ2) is 8.59. The average Bonchev–Trinajstić information content (AvgIpc) is 2.79. The molecule has 0 radical (unpaired) electrons. The van der Waals surface area contributed by atoms with E-state index in [-0.39, 0.29) is 18.4 Å². The number of para-hydroxylation sites is 1. The summed E-state index contributed by atoms with van der Waals surface area (Å²) in [6, 6.07) is 29.2. The molecule has 1 unspecified atom stereocenters. The molecular weight excluding hydrogens is 370 g/mol. The van der Waals surface area contributed by atoms with Gasteiger partial charge in [-0.25, -0.2) is 4.98 Å². The van der Waals surface area contributed by atoms with E-state index in [0.717, 1.165) is 22.0 Å². The molecule has 1 atom stereocenters. The third-order valence-electron chi connectivity index (χ3n) is 5.17. The van der Waals surface area contributed by atoms with Crippen molar-refractivity contribution in [3.05, 3.63) is 102 Å². The predicted octanol–water partition coefficient (Wildman–Crippen LogP) is 5.46. The minimum atomic E-state index is -0.201. The van der Waals surface area contributed by atoms with Gasteiger partial charge in [0.05, 0.1) is 35.3 Å². The van der Waals surface area contributed by atoms with Gasteiger partial charge in [0.15, 0.2) is 0 Å². The zero-order valence-electron chi connectivity index (χ0n) is 16.7. The lowest BCUT2D eigenvalue weighted by Crippen LogP contribution is -2.28. The lowest BCUT2D eigenvalue weighted by molar-refractivity contribution is 0.0941. The van der Waals surface area contributed by atoms with Crippen LogP contribution in [0.1, 0.15) is 34.5 Å². The molecule has 4 rings (SSSR count). The fourth-order valence-electron chi connectivity index (χ4n) is 3.69. The van der Waals surface area contributed by atoms with Crippen LogP contribution < -0.4 is 5.32 Å². The fraction of sp³-hybridized carbons (Fsp3) is 0.115. The number of nitrogens with one attached hydrogen (secondary N) is 1. The van der Waals surface area contributed by atoms with E-state index in [1.807, 2.05) is 91.9 Å². The fourth-order valence-corrected chi connectivity index (χ4v) is 3.69. The Morgan fingerprint density at radius 1 is 0.967 bits per heavy atom. The first-order valence-electron chi connectivity index (χ1n) is 9.89. The van der Waals surface area contributed by atoms with Gasteiger partial charge in [0.2, 0.25) is 0 Å². The topological polar surface area (TPSA) is 65.8 Å². The molecule has 1 aromatic heterocycles. The Morgan fingerprint density at radius 3 is 2.30 bits per heavy atom. The summed E-state index contributed by atoms with van der Waals surface area (Å²) < 4.78 is 0. The number of nitriles is 1. The molecule has 4 aromatic rings. The number of hydrogen-bond donors (Lipinski definition) is 1. The highest BCUT2D eigenvalue weighted by atomic mass is 16.1. The monoisotopic (exact) mass is 391 g/mol. The van der Waals surface area contributed by atoms with Gasteiger partial charge in [0.1, 0.15) is 0 Å². The second-order valence-corrected chi connectivity index (χ2v) is 7.14. The summed E-state index contributed by atoms with van der Waals surface area (Å²) in [4.78, 5) is 18.3. The van der Waals surface area contributed by atoms with Crippen molar-refractivity contribution in [2.75, 3.05) is 0 Å². The molecule has 146 valence electrons. The van der Waals surface area contributed by atoms with E-state index in [4.69, 9.17) is 4.98 Å². The van der Waals surface area contributed by atoms with Gasteiger partial charge in [-0.05, 0) is 18.6 Å². The molecule has 0 saturated heterocycles. The molecule has 1 heterocycles. The van der Waals surface area contributed by atoms with Crippen LogP contribution >= 0.6 is 0 Å². The Kier molecular flexibility index (Phi) is 5.54. The largest absolute Gasteiger partial charge is 0.345 e. The van der Waals surface area contributed by atoms with Gasteiger partial charge in [-0.3, -0.25) is 4.79 Å². The molecule has 30 heavy (non-hydrogen) atoms. The van der Waals surface area contributed by atoms with E-state index in [0.29, 0.717) is 16.8 Å². The zero-order chi connectivity index (χ0) is 20.9. The number of hydrogen-bond acceptors (Lipinski definition) is 3. The molecule has 4 heteroatoms. The summed E-state index contributed by atoms with van der Waals surface area (Å²) in [5, 5.41) is 13.4. The summed E-state index contributed by atoms with van der Waals surface area (Å²) >= 11 is 0. The Morgan fingerprint density at radius 2 is 1.60 bits per heavy atom. The first kappa shape index (κ1) is 19.4. The Bertz CT molecular complexity index is 1230. The molecule has 1 amide bonds.